The van der Waals surface area contributed by atoms with Gasteiger partial charge >= 0.3 is 6.03 Å². The van der Waals surface area contributed by atoms with Crippen LogP contribution in [0.4, 0.5) is 4.79 Å². The molecule has 0 bridgehead atoms. The first-order valence-electron chi connectivity index (χ1n) is 6.55. The highest BCUT2D eigenvalue weighted by Crippen LogP contribution is 2.08. The molecule has 1 N–H and O–H groups in total. The number of nitrogens with zero attached hydrogens (tertiary/aromatic N) is 2. The highest BCUT2D eigenvalue weighted by atomic mass is 16.5. The molecule has 6 heteroatoms. The van der Waals surface area contributed by atoms with Gasteiger partial charge in [-0.15, -0.1) is 0 Å². The summed E-state index contributed by atoms with van der Waals surface area (Å²) >= 11 is 0. The largest absolute Gasteiger partial charge is 0.381 e. The molecule has 0 aliphatic carbocycles. The maximum absolute atomic E-state index is 12.0. The quantitative estimate of drug-likeness (QED) is 0.719. The highest BCUT2D eigenvalue weighted by Gasteiger charge is 2.24. The lowest BCUT2D eigenvalue weighted by Crippen LogP contribution is -2.54. The topological polar surface area (TPSA) is 61.9 Å². The van der Waals surface area contributed by atoms with Crippen LogP contribution in [0.2, 0.25) is 0 Å². The number of hydrogen-bond acceptors (Lipinski definition) is 3. The first-order valence-corrected chi connectivity index (χ1v) is 6.55. The van der Waals surface area contributed by atoms with E-state index in [9.17, 15) is 9.59 Å². The number of carbonyl (C=O) groups excluding carboxylic acids is 2. The Morgan fingerprint density at radius 3 is 2.17 bits per heavy atom. The van der Waals surface area contributed by atoms with E-state index in [4.69, 9.17) is 4.74 Å². The Morgan fingerprint density at radius 1 is 1.06 bits per heavy atom. The van der Waals surface area contributed by atoms with Gasteiger partial charge in [-0.1, -0.05) is 0 Å². The Balaban J connectivity index is 1.75. The molecule has 0 aromatic carbocycles. The van der Waals surface area contributed by atoms with Crippen molar-refractivity contribution in [3.8, 4) is 0 Å². The first kappa shape index (κ1) is 13.1. The van der Waals surface area contributed by atoms with Crippen molar-refractivity contribution in [3.05, 3.63) is 0 Å². The Morgan fingerprint density at radius 2 is 1.61 bits per heavy atom. The van der Waals surface area contributed by atoms with Gasteiger partial charge in [-0.2, -0.15) is 0 Å². The van der Waals surface area contributed by atoms with E-state index in [0.717, 1.165) is 26.1 Å². The number of carbonyl (C=O) groups is 2. The van der Waals surface area contributed by atoms with E-state index in [0.29, 0.717) is 26.2 Å². The molecule has 0 aromatic heterocycles. The lowest BCUT2D eigenvalue weighted by Gasteiger charge is -2.35. The van der Waals surface area contributed by atoms with Gasteiger partial charge in [-0.25, -0.2) is 4.79 Å². The number of piperazine rings is 1. The monoisotopic (exact) mass is 255 g/mol. The summed E-state index contributed by atoms with van der Waals surface area (Å²) in [5, 5.41) is 3.04. The molecule has 2 aliphatic heterocycles. The second-order valence-electron chi connectivity index (χ2n) is 4.83. The van der Waals surface area contributed by atoms with Crippen LogP contribution in [0.3, 0.4) is 0 Å². The van der Waals surface area contributed by atoms with Gasteiger partial charge in [0.05, 0.1) is 0 Å². The van der Waals surface area contributed by atoms with E-state index in [2.05, 4.69) is 5.32 Å². The third-order valence-corrected chi connectivity index (χ3v) is 3.56. The second kappa shape index (κ2) is 6.04. The van der Waals surface area contributed by atoms with Crippen LogP contribution in [-0.4, -0.2) is 67.2 Å². The summed E-state index contributed by atoms with van der Waals surface area (Å²) in [5.41, 5.74) is 0. The van der Waals surface area contributed by atoms with Crippen LogP contribution in [0, 0.1) is 0 Å². The van der Waals surface area contributed by atoms with Gasteiger partial charge in [0.25, 0.3) is 0 Å². The molecule has 0 saturated carbocycles. The highest BCUT2D eigenvalue weighted by molar-refractivity contribution is 5.76. The second-order valence-corrected chi connectivity index (χ2v) is 4.83. The molecule has 6 nitrogen and oxygen atoms in total. The number of urea groups is 1. The number of hydrogen-bond donors (Lipinski definition) is 1. The van der Waals surface area contributed by atoms with E-state index >= 15 is 0 Å². The van der Waals surface area contributed by atoms with Crippen molar-refractivity contribution < 1.29 is 14.3 Å². The third kappa shape index (κ3) is 3.35. The fourth-order valence-corrected chi connectivity index (χ4v) is 2.33. The predicted octanol–water partition coefficient (Wildman–Crippen LogP) is 0.0391. The molecule has 0 unspecified atom stereocenters. The van der Waals surface area contributed by atoms with Crippen molar-refractivity contribution in [1.82, 2.24) is 15.1 Å². The number of amides is 3. The molecule has 0 radical (unpaired) electrons. The van der Waals surface area contributed by atoms with Crippen molar-refractivity contribution in [1.29, 1.82) is 0 Å². The summed E-state index contributed by atoms with van der Waals surface area (Å²) < 4.78 is 5.26. The van der Waals surface area contributed by atoms with E-state index in [1.807, 2.05) is 0 Å². The smallest absolute Gasteiger partial charge is 0.317 e. The first-order chi connectivity index (χ1) is 8.66. The van der Waals surface area contributed by atoms with Crippen molar-refractivity contribution in [2.24, 2.45) is 0 Å². The number of nitrogens with one attached hydrogen (secondary N) is 1. The van der Waals surface area contributed by atoms with Crippen LogP contribution in [0.15, 0.2) is 0 Å². The maximum Gasteiger partial charge on any atom is 0.317 e. The molecule has 0 atom stereocenters. The summed E-state index contributed by atoms with van der Waals surface area (Å²) in [6.45, 7) is 5.53. The van der Waals surface area contributed by atoms with Crippen molar-refractivity contribution in [2.75, 3.05) is 39.4 Å². The van der Waals surface area contributed by atoms with Gasteiger partial charge < -0.3 is 19.9 Å². The number of rotatable bonds is 1. The number of ether oxygens (including phenoxy) is 1. The molecule has 18 heavy (non-hydrogen) atoms. The van der Waals surface area contributed by atoms with Crippen LogP contribution in [0.5, 0.6) is 0 Å². The molecule has 0 spiro atoms. The van der Waals surface area contributed by atoms with Gasteiger partial charge in [0.15, 0.2) is 0 Å². The third-order valence-electron chi connectivity index (χ3n) is 3.56. The van der Waals surface area contributed by atoms with E-state index < -0.39 is 0 Å². The average Bonchev–Trinajstić information content (AvgIpc) is 2.40. The van der Waals surface area contributed by atoms with E-state index in [-0.39, 0.29) is 18.0 Å². The van der Waals surface area contributed by atoms with Gasteiger partial charge in [-0.05, 0) is 12.8 Å². The molecule has 2 heterocycles. The average molecular weight is 255 g/mol. The van der Waals surface area contributed by atoms with Gasteiger partial charge in [0.2, 0.25) is 5.91 Å². The molecular formula is C12H21N3O3. The van der Waals surface area contributed by atoms with Crippen LogP contribution in [-0.2, 0) is 9.53 Å². The molecule has 2 rings (SSSR count). The zero-order valence-electron chi connectivity index (χ0n) is 10.9. The normalized spacial score (nSPS) is 21.8. The van der Waals surface area contributed by atoms with Crippen LogP contribution >= 0.6 is 0 Å². The molecule has 2 aliphatic rings. The van der Waals surface area contributed by atoms with Crippen molar-refractivity contribution in [3.63, 3.8) is 0 Å². The molecule has 3 amide bonds. The fraction of sp³-hybridized carbons (Fsp3) is 0.833. The minimum absolute atomic E-state index is 0.00916. The summed E-state index contributed by atoms with van der Waals surface area (Å²) in [5.74, 6) is 0.0829. The lowest BCUT2D eigenvalue weighted by atomic mass is 10.1. The van der Waals surface area contributed by atoms with Crippen LogP contribution < -0.4 is 5.32 Å². The molecule has 2 fully saturated rings. The molecular weight excluding hydrogens is 234 g/mol. The van der Waals surface area contributed by atoms with Gasteiger partial charge in [0.1, 0.15) is 0 Å². The Hall–Kier alpha value is -1.30. The van der Waals surface area contributed by atoms with Crippen LogP contribution in [0.1, 0.15) is 19.8 Å². The summed E-state index contributed by atoms with van der Waals surface area (Å²) in [7, 11) is 0. The van der Waals surface area contributed by atoms with Crippen molar-refractivity contribution in [2.45, 2.75) is 25.8 Å². The van der Waals surface area contributed by atoms with Crippen LogP contribution in [0.25, 0.3) is 0 Å². The SMILES string of the molecule is CC(=O)N1CCN(C(=O)NC2CCOCC2)CC1. The summed E-state index contributed by atoms with van der Waals surface area (Å²) in [6.07, 6.45) is 1.78. The molecule has 0 aromatic rings. The maximum atomic E-state index is 12.0. The summed E-state index contributed by atoms with van der Waals surface area (Å²) in [4.78, 5) is 26.8. The summed E-state index contributed by atoms with van der Waals surface area (Å²) in [6, 6.07) is 0.224. The van der Waals surface area contributed by atoms with Gasteiger partial charge in [-0.3, -0.25) is 4.79 Å². The minimum atomic E-state index is -0.00916. The zero-order valence-corrected chi connectivity index (χ0v) is 10.9. The van der Waals surface area contributed by atoms with E-state index in [1.54, 1.807) is 16.7 Å². The lowest BCUT2D eigenvalue weighted by molar-refractivity contribution is -0.130. The zero-order chi connectivity index (χ0) is 13.0. The fourth-order valence-electron chi connectivity index (χ4n) is 2.33. The Labute approximate surface area is 107 Å². The van der Waals surface area contributed by atoms with Crippen molar-refractivity contribution >= 4 is 11.9 Å². The standard InChI is InChI=1S/C12H21N3O3/c1-10(16)14-4-6-15(7-5-14)12(17)13-11-2-8-18-9-3-11/h11H,2-9H2,1H3,(H,13,17). The minimum Gasteiger partial charge on any atom is -0.381 e. The molecule has 102 valence electrons. The predicted molar refractivity (Wildman–Crippen MR) is 66.2 cm³/mol. The van der Waals surface area contributed by atoms with Gasteiger partial charge in [0, 0.05) is 52.4 Å². The Bertz CT molecular complexity index is 308. The van der Waals surface area contributed by atoms with E-state index in [1.165, 1.54) is 0 Å². The Kier molecular flexibility index (Phi) is 4.41. The molecule has 2 saturated heterocycles.